The minimum absolute atomic E-state index is 0. The SMILES string of the molecule is CCNC(=NCc1ccc(N2CCOC(C)C2)nc1)NCc1cccc(C)c1.I. The van der Waals surface area contributed by atoms with Crippen molar-refractivity contribution in [2.24, 2.45) is 4.99 Å². The molecule has 2 heterocycles. The number of aryl methyl sites for hydroxylation is 1. The third-order valence-corrected chi connectivity index (χ3v) is 4.68. The molecule has 1 unspecified atom stereocenters. The van der Waals surface area contributed by atoms with Crippen LogP contribution in [0.15, 0.2) is 47.6 Å². The summed E-state index contributed by atoms with van der Waals surface area (Å²) in [5, 5.41) is 6.70. The van der Waals surface area contributed by atoms with Crippen molar-refractivity contribution in [3.63, 3.8) is 0 Å². The number of pyridine rings is 1. The van der Waals surface area contributed by atoms with E-state index in [1.165, 1.54) is 11.1 Å². The van der Waals surface area contributed by atoms with Gasteiger partial charge in [-0.2, -0.15) is 0 Å². The molecule has 2 aromatic rings. The molecule has 0 spiro atoms. The quantitative estimate of drug-likeness (QED) is 0.355. The molecule has 158 valence electrons. The summed E-state index contributed by atoms with van der Waals surface area (Å²) < 4.78 is 5.60. The molecule has 7 heteroatoms. The van der Waals surface area contributed by atoms with Crippen LogP contribution in [0.4, 0.5) is 5.82 Å². The molecule has 0 bridgehead atoms. The van der Waals surface area contributed by atoms with Crippen LogP contribution in [0.3, 0.4) is 0 Å². The van der Waals surface area contributed by atoms with Gasteiger partial charge < -0.3 is 20.3 Å². The lowest BCUT2D eigenvalue weighted by molar-refractivity contribution is 0.0529. The van der Waals surface area contributed by atoms with Crippen LogP contribution in [-0.2, 0) is 17.8 Å². The highest BCUT2D eigenvalue weighted by atomic mass is 127. The van der Waals surface area contributed by atoms with E-state index in [9.17, 15) is 0 Å². The number of anilines is 1. The van der Waals surface area contributed by atoms with E-state index in [1.54, 1.807) is 0 Å². The molecule has 1 saturated heterocycles. The molecule has 1 aliphatic heterocycles. The monoisotopic (exact) mass is 509 g/mol. The van der Waals surface area contributed by atoms with Gasteiger partial charge in [-0.3, -0.25) is 0 Å². The van der Waals surface area contributed by atoms with Gasteiger partial charge in [0.25, 0.3) is 0 Å². The van der Waals surface area contributed by atoms with E-state index in [-0.39, 0.29) is 30.1 Å². The molecule has 1 fully saturated rings. The van der Waals surface area contributed by atoms with Crippen molar-refractivity contribution in [3.05, 3.63) is 59.3 Å². The summed E-state index contributed by atoms with van der Waals surface area (Å²) >= 11 is 0. The Kier molecular flexibility index (Phi) is 9.66. The fraction of sp³-hybridized carbons (Fsp3) is 0.455. The topological polar surface area (TPSA) is 61.8 Å². The molecule has 0 radical (unpaired) electrons. The summed E-state index contributed by atoms with van der Waals surface area (Å²) in [5.74, 6) is 1.82. The van der Waals surface area contributed by atoms with Gasteiger partial charge in [0.15, 0.2) is 5.96 Å². The zero-order valence-corrected chi connectivity index (χ0v) is 19.8. The maximum absolute atomic E-state index is 5.60. The van der Waals surface area contributed by atoms with Gasteiger partial charge in [0, 0.05) is 32.4 Å². The van der Waals surface area contributed by atoms with E-state index in [1.807, 2.05) is 6.20 Å². The fourth-order valence-corrected chi connectivity index (χ4v) is 3.24. The van der Waals surface area contributed by atoms with Crippen LogP contribution >= 0.6 is 24.0 Å². The van der Waals surface area contributed by atoms with E-state index >= 15 is 0 Å². The van der Waals surface area contributed by atoms with Crippen molar-refractivity contribution in [1.29, 1.82) is 0 Å². The van der Waals surface area contributed by atoms with E-state index in [0.717, 1.165) is 50.1 Å². The highest BCUT2D eigenvalue weighted by Gasteiger charge is 2.17. The first kappa shape index (κ1) is 23.4. The van der Waals surface area contributed by atoms with Crippen molar-refractivity contribution < 1.29 is 4.74 Å². The summed E-state index contributed by atoms with van der Waals surface area (Å²) in [7, 11) is 0. The van der Waals surface area contributed by atoms with E-state index < -0.39 is 0 Å². The van der Waals surface area contributed by atoms with Crippen LogP contribution in [0, 0.1) is 6.92 Å². The van der Waals surface area contributed by atoms with Gasteiger partial charge in [-0.15, -0.1) is 24.0 Å². The highest BCUT2D eigenvalue weighted by Crippen LogP contribution is 2.15. The minimum Gasteiger partial charge on any atom is -0.375 e. The third-order valence-electron chi connectivity index (χ3n) is 4.68. The molecular formula is C22H32IN5O. The molecule has 1 aromatic heterocycles. The number of benzene rings is 1. The van der Waals surface area contributed by atoms with Gasteiger partial charge in [0.1, 0.15) is 5.82 Å². The lowest BCUT2D eigenvalue weighted by atomic mass is 10.1. The smallest absolute Gasteiger partial charge is 0.191 e. The maximum atomic E-state index is 5.60. The Morgan fingerprint density at radius 2 is 2.10 bits per heavy atom. The number of morpholine rings is 1. The van der Waals surface area contributed by atoms with Gasteiger partial charge in [-0.1, -0.05) is 35.9 Å². The lowest BCUT2D eigenvalue weighted by Crippen LogP contribution is -2.41. The molecular weight excluding hydrogens is 477 g/mol. The molecule has 0 amide bonds. The standard InChI is InChI=1S/C22H31N5O.HI/c1-4-23-22(25-13-19-7-5-6-17(2)12-19)26-15-20-8-9-21(24-14-20)27-10-11-28-18(3)16-27;/h5-9,12,14,18H,4,10-11,13,15-16H2,1-3H3,(H2,23,25,26);1H. The number of aromatic nitrogens is 1. The zero-order chi connectivity index (χ0) is 19.8. The number of nitrogens with zero attached hydrogens (tertiary/aromatic N) is 3. The molecule has 29 heavy (non-hydrogen) atoms. The second-order valence-corrected chi connectivity index (χ2v) is 7.19. The molecule has 0 saturated carbocycles. The average Bonchev–Trinajstić information content (AvgIpc) is 2.70. The van der Waals surface area contributed by atoms with Crippen molar-refractivity contribution in [2.75, 3.05) is 31.1 Å². The number of nitrogens with one attached hydrogen (secondary N) is 2. The number of aliphatic imine (C=N–C) groups is 1. The Bertz CT molecular complexity index is 781. The summed E-state index contributed by atoms with van der Waals surface area (Å²) in [6.45, 7) is 11.0. The predicted molar refractivity (Wildman–Crippen MR) is 130 cm³/mol. The summed E-state index contributed by atoms with van der Waals surface area (Å²) in [6.07, 6.45) is 2.17. The summed E-state index contributed by atoms with van der Waals surface area (Å²) in [4.78, 5) is 11.6. The first-order valence-corrected chi connectivity index (χ1v) is 10.0. The summed E-state index contributed by atoms with van der Waals surface area (Å²) in [6, 6.07) is 12.7. The van der Waals surface area contributed by atoms with Gasteiger partial charge in [0.05, 0.1) is 19.3 Å². The number of hydrogen-bond donors (Lipinski definition) is 2. The van der Waals surface area contributed by atoms with Crippen LogP contribution in [0.25, 0.3) is 0 Å². The van der Waals surface area contributed by atoms with Gasteiger partial charge in [-0.25, -0.2) is 9.98 Å². The number of ether oxygens (including phenoxy) is 1. The molecule has 3 rings (SSSR count). The minimum atomic E-state index is 0. The van der Waals surface area contributed by atoms with Crippen molar-refractivity contribution >= 4 is 35.8 Å². The Hall–Kier alpha value is -1.87. The van der Waals surface area contributed by atoms with Crippen molar-refractivity contribution in [3.8, 4) is 0 Å². The van der Waals surface area contributed by atoms with Crippen LogP contribution in [-0.4, -0.2) is 43.3 Å². The summed E-state index contributed by atoms with van der Waals surface area (Å²) in [5.41, 5.74) is 3.61. The predicted octanol–water partition coefficient (Wildman–Crippen LogP) is 3.49. The Morgan fingerprint density at radius 3 is 2.79 bits per heavy atom. The number of rotatable bonds is 6. The first-order chi connectivity index (χ1) is 13.6. The second kappa shape index (κ2) is 12.0. The Balaban J connectivity index is 0.00000300. The van der Waals surface area contributed by atoms with Crippen LogP contribution in [0.2, 0.25) is 0 Å². The lowest BCUT2D eigenvalue weighted by Gasteiger charge is -2.32. The molecule has 1 atom stereocenters. The van der Waals surface area contributed by atoms with E-state index in [2.05, 4.69) is 77.7 Å². The third kappa shape index (κ3) is 7.47. The van der Waals surface area contributed by atoms with Crippen LogP contribution in [0.5, 0.6) is 0 Å². The number of halogens is 1. The van der Waals surface area contributed by atoms with Crippen LogP contribution < -0.4 is 15.5 Å². The first-order valence-electron chi connectivity index (χ1n) is 10.0. The van der Waals surface area contributed by atoms with Crippen molar-refractivity contribution in [2.45, 2.75) is 40.0 Å². The number of guanidine groups is 1. The normalized spacial score (nSPS) is 16.9. The van der Waals surface area contributed by atoms with E-state index in [4.69, 9.17) is 9.73 Å². The zero-order valence-electron chi connectivity index (χ0n) is 17.5. The molecule has 2 N–H and O–H groups in total. The maximum Gasteiger partial charge on any atom is 0.191 e. The van der Waals surface area contributed by atoms with Crippen molar-refractivity contribution in [1.82, 2.24) is 15.6 Å². The van der Waals surface area contributed by atoms with Gasteiger partial charge >= 0.3 is 0 Å². The molecule has 1 aliphatic rings. The van der Waals surface area contributed by atoms with Gasteiger partial charge in [0.2, 0.25) is 0 Å². The van der Waals surface area contributed by atoms with E-state index in [0.29, 0.717) is 6.54 Å². The number of hydrogen-bond acceptors (Lipinski definition) is 4. The molecule has 1 aromatic carbocycles. The van der Waals surface area contributed by atoms with Crippen LogP contribution in [0.1, 0.15) is 30.5 Å². The Morgan fingerprint density at radius 1 is 1.24 bits per heavy atom. The molecule has 6 nitrogen and oxygen atoms in total. The van der Waals surface area contributed by atoms with Gasteiger partial charge in [-0.05, 0) is 38.0 Å². The average molecular weight is 509 g/mol. The Labute approximate surface area is 191 Å². The molecule has 0 aliphatic carbocycles. The fourth-order valence-electron chi connectivity index (χ4n) is 3.24. The second-order valence-electron chi connectivity index (χ2n) is 7.19. The largest absolute Gasteiger partial charge is 0.375 e. The highest BCUT2D eigenvalue weighted by molar-refractivity contribution is 14.0.